The molecule has 1 aromatic carbocycles. The van der Waals surface area contributed by atoms with Gasteiger partial charge in [0, 0.05) is 6.07 Å². The standard InChI is InChI=1S/C12H14Cl3NO/c13-8-6-10(15)11(7-9(8)14)17-12(4-5-16)2-1-3-12/h6-7H,1-5,16H2. The second kappa shape index (κ2) is 5.23. The monoisotopic (exact) mass is 293 g/mol. The van der Waals surface area contributed by atoms with E-state index in [9.17, 15) is 0 Å². The van der Waals surface area contributed by atoms with Gasteiger partial charge in [-0.3, -0.25) is 0 Å². The predicted molar refractivity (Wildman–Crippen MR) is 72.4 cm³/mol. The molecule has 5 heteroatoms. The van der Waals surface area contributed by atoms with Crippen molar-refractivity contribution in [3.8, 4) is 5.75 Å². The van der Waals surface area contributed by atoms with Crippen molar-refractivity contribution in [3.63, 3.8) is 0 Å². The summed E-state index contributed by atoms with van der Waals surface area (Å²) in [5.74, 6) is 0.592. The molecule has 2 nitrogen and oxygen atoms in total. The summed E-state index contributed by atoms with van der Waals surface area (Å²) >= 11 is 17.9. The van der Waals surface area contributed by atoms with Gasteiger partial charge in [0.2, 0.25) is 0 Å². The van der Waals surface area contributed by atoms with E-state index < -0.39 is 0 Å². The third kappa shape index (κ3) is 2.82. The maximum absolute atomic E-state index is 6.09. The van der Waals surface area contributed by atoms with E-state index in [-0.39, 0.29) is 5.60 Å². The number of ether oxygens (including phenoxy) is 1. The number of benzene rings is 1. The van der Waals surface area contributed by atoms with Crippen molar-refractivity contribution in [2.24, 2.45) is 5.73 Å². The van der Waals surface area contributed by atoms with Crippen LogP contribution in [-0.4, -0.2) is 12.1 Å². The highest BCUT2D eigenvalue weighted by molar-refractivity contribution is 6.43. The van der Waals surface area contributed by atoms with Crippen LogP contribution in [-0.2, 0) is 0 Å². The van der Waals surface area contributed by atoms with Crippen LogP contribution in [0.15, 0.2) is 12.1 Å². The van der Waals surface area contributed by atoms with Crippen LogP contribution in [0.5, 0.6) is 5.75 Å². The lowest BCUT2D eigenvalue weighted by molar-refractivity contribution is -0.0124. The molecule has 2 rings (SSSR count). The molecule has 0 bridgehead atoms. The lowest BCUT2D eigenvalue weighted by Crippen LogP contribution is -2.44. The molecular weight excluding hydrogens is 280 g/mol. The molecule has 0 heterocycles. The van der Waals surface area contributed by atoms with Gasteiger partial charge in [-0.25, -0.2) is 0 Å². The first-order chi connectivity index (χ1) is 8.06. The topological polar surface area (TPSA) is 35.2 Å². The van der Waals surface area contributed by atoms with Crippen molar-refractivity contribution in [2.75, 3.05) is 6.54 Å². The Morgan fingerprint density at radius 2 is 1.76 bits per heavy atom. The first-order valence-electron chi connectivity index (χ1n) is 5.60. The zero-order chi connectivity index (χ0) is 12.5. The smallest absolute Gasteiger partial charge is 0.140 e. The highest BCUT2D eigenvalue weighted by Crippen LogP contribution is 2.42. The summed E-state index contributed by atoms with van der Waals surface area (Å²) in [6, 6.07) is 3.28. The molecule has 1 aromatic rings. The first-order valence-corrected chi connectivity index (χ1v) is 6.73. The molecule has 17 heavy (non-hydrogen) atoms. The Hall–Kier alpha value is -0.150. The van der Waals surface area contributed by atoms with Crippen molar-refractivity contribution in [2.45, 2.75) is 31.3 Å². The van der Waals surface area contributed by atoms with Crippen LogP contribution >= 0.6 is 34.8 Å². The minimum Gasteiger partial charge on any atom is -0.486 e. The quantitative estimate of drug-likeness (QED) is 0.840. The van der Waals surface area contributed by atoms with E-state index in [4.69, 9.17) is 45.3 Å². The highest BCUT2D eigenvalue weighted by Gasteiger charge is 2.39. The molecule has 0 atom stereocenters. The first kappa shape index (κ1) is 13.3. The van der Waals surface area contributed by atoms with E-state index in [0.29, 0.717) is 27.4 Å². The van der Waals surface area contributed by atoms with Gasteiger partial charge in [-0.1, -0.05) is 34.8 Å². The van der Waals surface area contributed by atoms with Crippen molar-refractivity contribution in [1.29, 1.82) is 0 Å². The van der Waals surface area contributed by atoms with Gasteiger partial charge in [0.1, 0.15) is 11.4 Å². The van der Waals surface area contributed by atoms with Gasteiger partial charge in [-0.15, -0.1) is 0 Å². The van der Waals surface area contributed by atoms with Crippen LogP contribution in [0.25, 0.3) is 0 Å². The van der Waals surface area contributed by atoms with Crippen molar-refractivity contribution in [3.05, 3.63) is 27.2 Å². The molecule has 94 valence electrons. The maximum atomic E-state index is 6.09. The maximum Gasteiger partial charge on any atom is 0.140 e. The molecule has 0 radical (unpaired) electrons. The number of hydrogen-bond donors (Lipinski definition) is 1. The third-order valence-corrected chi connectivity index (χ3v) is 4.18. The molecule has 0 aliphatic heterocycles. The average molecular weight is 295 g/mol. The zero-order valence-electron chi connectivity index (χ0n) is 9.31. The number of rotatable bonds is 4. The molecular formula is C12H14Cl3NO. The normalized spacial score (nSPS) is 17.6. The van der Waals surface area contributed by atoms with E-state index in [1.807, 2.05) is 0 Å². The number of hydrogen-bond acceptors (Lipinski definition) is 2. The summed E-state index contributed by atoms with van der Waals surface area (Å²) in [6.07, 6.45) is 4.03. The van der Waals surface area contributed by atoms with E-state index in [2.05, 4.69) is 0 Å². The fourth-order valence-electron chi connectivity index (χ4n) is 2.05. The van der Waals surface area contributed by atoms with Crippen LogP contribution in [0.4, 0.5) is 0 Å². The molecule has 0 unspecified atom stereocenters. The van der Waals surface area contributed by atoms with Crippen LogP contribution in [0.3, 0.4) is 0 Å². The van der Waals surface area contributed by atoms with Gasteiger partial charge in [-0.05, 0) is 38.3 Å². The zero-order valence-corrected chi connectivity index (χ0v) is 11.6. The summed E-state index contributed by atoms with van der Waals surface area (Å²) in [5, 5.41) is 1.38. The minimum atomic E-state index is -0.157. The minimum absolute atomic E-state index is 0.157. The molecule has 0 aromatic heterocycles. The molecule has 1 saturated carbocycles. The SMILES string of the molecule is NCCC1(Oc2cc(Cl)c(Cl)cc2Cl)CCC1. The van der Waals surface area contributed by atoms with Crippen LogP contribution in [0.1, 0.15) is 25.7 Å². The Morgan fingerprint density at radius 1 is 1.12 bits per heavy atom. The highest BCUT2D eigenvalue weighted by atomic mass is 35.5. The van der Waals surface area contributed by atoms with Crippen LogP contribution < -0.4 is 10.5 Å². The van der Waals surface area contributed by atoms with E-state index in [0.717, 1.165) is 19.3 Å². The molecule has 2 N–H and O–H groups in total. The van der Waals surface area contributed by atoms with E-state index in [1.165, 1.54) is 6.42 Å². The second-order valence-corrected chi connectivity index (χ2v) is 5.60. The van der Waals surface area contributed by atoms with Gasteiger partial charge in [-0.2, -0.15) is 0 Å². The summed E-state index contributed by atoms with van der Waals surface area (Å²) in [6.45, 7) is 0.610. The number of nitrogens with two attached hydrogens (primary N) is 1. The molecule has 0 spiro atoms. The van der Waals surface area contributed by atoms with E-state index >= 15 is 0 Å². The second-order valence-electron chi connectivity index (χ2n) is 4.37. The van der Waals surface area contributed by atoms with Crippen LogP contribution in [0.2, 0.25) is 15.1 Å². The Morgan fingerprint density at radius 3 is 2.29 bits per heavy atom. The van der Waals surface area contributed by atoms with Gasteiger partial charge in [0.05, 0.1) is 15.1 Å². The van der Waals surface area contributed by atoms with Crippen molar-refractivity contribution in [1.82, 2.24) is 0 Å². The van der Waals surface area contributed by atoms with Gasteiger partial charge >= 0.3 is 0 Å². The molecule has 0 amide bonds. The van der Waals surface area contributed by atoms with Gasteiger partial charge < -0.3 is 10.5 Å². The third-order valence-electron chi connectivity index (χ3n) is 3.17. The van der Waals surface area contributed by atoms with Gasteiger partial charge in [0.15, 0.2) is 0 Å². The number of halogens is 3. The van der Waals surface area contributed by atoms with Crippen molar-refractivity contribution < 1.29 is 4.74 Å². The largest absolute Gasteiger partial charge is 0.486 e. The molecule has 1 aliphatic rings. The lowest BCUT2D eigenvalue weighted by Gasteiger charge is -2.42. The Labute approximate surface area is 116 Å². The fraction of sp³-hybridized carbons (Fsp3) is 0.500. The summed E-state index contributed by atoms with van der Waals surface area (Å²) < 4.78 is 5.99. The van der Waals surface area contributed by atoms with E-state index in [1.54, 1.807) is 12.1 Å². The lowest BCUT2D eigenvalue weighted by atomic mass is 9.77. The summed E-state index contributed by atoms with van der Waals surface area (Å²) in [5.41, 5.74) is 5.45. The Balaban J connectivity index is 2.20. The summed E-state index contributed by atoms with van der Waals surface area (Å²) in [7, 11) is 0. The fourth-order valence-corrected chi connectivity index (χ4v) is 2.63. The Kier molecular flexibility index (Phi) is 4.09. The molecule has 0 saturated heterocycles. The van der Waals surface area contributed by atoms with Crippen molar-refractivity contribution >= 4 is 34.8 Å². The Bertz CT molecular complexity index is 418. The average Bonchev–Trinajstić information content (AvgIpc) is 2.22. The summed E-state index contributed by atoms with van der Waals surface area (Å²) in [4.78, 5) is 0. The van der Waals surface area contributed by atoms with Gasteiger partial charge in [0.25, 0.3) is 0 Å². The van der Waals surface area contributed by atoms with Crippen LogP contribution in [0, 0.1) is 0 Å². The predicted octanol–water partition coefficient (Wildman–Crippen LogP) is 4.30. The molecule has 1 aliphatic carbocycles. The molecule has 1 fully saturated rings.